The summed E-state index contributed by atoms with van der Waals surface area (Å²) in [5.41, 5.74) is 1.93. The van der Waals surface area contributed by atoms with Crippen molar-refractivity contribution in [3.05, 3.63) is 41.5 Å². The third-order valence-electron chi connectivity index (χ3n) is 4.03. The lowest BCUT2D eigenvalue weighted by atomic mass is 9.77. The van der Waals surface area contributed by atoms with Crippen LogP contribution in [0.1, 0.15) is 50.2 Å². The summed E-state index contributed by atoms with van der Waals surface area (Å²) in [6.45, 7) is 4.34. The zero-order chi connectivity index (χ0) is 14.6. The average Bonchev–Trinajstić information content (AvgIpc) is 2.41. The molecule has 2 rings (SSSR count). The van der Waals surface area contributed by atoms with E-state index in [-0.39, 0.29) is 18.1 Å². The van der Waals surface area contributed by atoms with Crippen LogP contribution < -0.4 is 5.32 Å². The first-order valence-electron chi connectivity index (χ1n) is 7.26. The van der Waals surface area contributed by atoms with Gasteiger partial charge >= 0.3 is 0 Å². The molecule has 1 aliphatic rings. The summed E-state index contributed by atoms with van der Waals surface area (Å²) in [5, 5.41) is 12.2. The molecule has 3 nitrogen and oxygen atoms in total. The predicted molar refractivity (Wildman–Crippen MR) is 81.4 cm³/mol. The summed E-state index contributed by atoms with van der Waals surface area (Å²) in [5.74, 6) is 0.381. The number of rotatable bonds is 5. The number of aliphatic hydroxyl groups excluding tert-OH is 1. The Labute approximate surface area is 120 Å². The van der Waals surface area contributed by atoms with Crippen LogP contribution in [0.3, 0.4) is 0 Å². The lowest BCUT2D eigenvalue weighted by molar-refractivity contribution is -0.120. The maximum Gasteiger partial charge on any atom is 0.244 e. The summed E-state index contributed by atoms with van der Waals surface area (Å²) in [6, 6.07) is 8.21. The van der Waals surface area contributed by atoms with Crippen molar-refractivity contribution in [2.24, 2.45) is 0 Å². The standard InChI is InChI=1S/C17H23NO2/c1-13(2)15-7-4-14(5-8-15)6-9-16(20)18-17(12-19)10-3-11-17/h4-9,13,19H,3,10-12H2,1-2H3,(H,18,20)/b9-6+. The molecule has 0 saturated heterocycles. The van der Waals surface area contributed by atoms with Crippen molar-refractivity contribution in [2.75, 3.05) is 6.61 Å². The molecular formula is C17H23NO2. The molecule has 20 heavy (non-hydrogen) atoms. The number of aliphatic hydroxyl groups is 1. The lowest BCUT2D eigenvalue weighted by Crippen LogP contribution is -2.55. The number of carbonyl (C=O) groups excluding carboxylic acids is 1. The first-order chi connectivity index (χ1) is 9.54. The van der Waals surface area contributed by atoms with Gasteiger partial charge in [0.25, 0.3) is 0 Å². The Morgan fingerprint density at radius 2 is 2.00 bits per heavy atom. The van der Waals surface area contributed by atoms with Gasteiger partial charge in [0.2, 0.25) is 5.91 Å². The van der Waals surface area contributed by atoms with E-state index in [2.05, 4.69) is 31.3 Å². The first-order valence-corrected chi connectivity index (χ1v) is 7.26. The Bertz CT molecular complexity index is 479. The van der Waals surface area contributed by atoms with Crippen LogP contribution in [0, 0.1) is 0 Å². The molecule has 0 heterocycles. The van der Waals surface area contributed by atoms with E-state index in [0.29, 0.717) is 5.92 Å². The molecule has 0 bridgehead atoms. The number of hydrogen-bond acceptors (Lipinski definition) is 2. The van der Waals surface area contributed by atoms with Crippen LogP contribution in [0.25, 0.3) is 6.08 Å². The Hall–Kier alpha value is -1.61. The van der Waals surface area contributed by atoms with Crippen molar-refractivity contribution in [3.8, 4) is 0 Å². The van der Waals surface area contributed by atoms with Crippen molar-refractivity contribution in [3.63, 3.8) is 0 Å². The van der Waals surface area contributed by atoms with Gasteiger partial charge in [-0.1, -0.05) is 38.1 Å². The van der Waals surface area contributed by atoms with Crippen LogP contribution in [0.5, 0.6) is 0 Å². The smallest absolute Gasteiger partial charge is 0.244 e. The van der Waals surface area contributed by atoms with Crippen LogP contribution in [0.2, 0.25) is 0 Å². The molecule has 0 unspecified atom stereocenters. The molecule has 1 saturated carbocycles. The summed E-state index contributed by atoms with van der Waals surface area (Å²) in [4.78, 5) is 11.8. The monoisotopic (exact) mass is 273 g/mol. The molecule has 3 heteroatoms. The fourth-order valence-electron chi connectivity index (χ4n) is 2.39. The third-order valence-corrected chi connectivity index (χ3v) is 4.03. The molecule has 2 N–H and O–H groups in total. The van der Waals surface area contributed by atoms with Crippen molar-refractivity contribution < 1.29 is 9.90 Å². The van der Waals surface area contributed by atoms with Crippen LogP contribution in [-0.2, 0) is 4.79 Å². The van der Waals surface area contributed by atoms with Gasteiger partial charge in [0.15, 0.2) is 0 Å². The number of benzene rings is 1. The number of hydrogen-bond donors (Lipinski definition) is 2. The second-order valence-electron chi connectivity index (χ2n) is 5.94. The minimum atomic E-state index is -0.372. The number of nitrogens with one attached hydrogen (secondary N) is 1. The highest BCUT2D eigenvalue weighted by atomic mass is 16.3. The largest absolute Gasteiger partial charge is 0.394 e. The Balaban J connectivity index is 1.93. The van der Waals surface area contributed by atoms with E-state index in [0.717, 1.165) is 24.8 Å². The molecule has 0 aliphatic heterocycles. The highest BCUT2D eigenvalue weighted by Crippen LogP contribution is 2.31. The average molecular weight is 273 g/mol. The first kappa shape index (κ1) is 14.8. The van der Waals surface area contributed by atoms with Crippen molar-refractivity contribution in [1.29, 1.82) is 0 Å². The maximum atomic E-state index is 11.8. The van der Waals surface area contributed by atoms with Crippen LogP contribution >= 0.6 is 0 Å². The fourth-order valence-corrected chi connectivity index (χ4v) is 2.39. The van der Waals surface area contributed by atoms with E-state index in [1.165, 1.54) is 5.56 Å². The molecule has 1 amide bonds. The fraction of sp³-hybridized carbons (Fsp3) is 0.471. The molecule has 1 aromatic rings. The zero-order valence-electron chi connectivity index (χ0n) is 12.2. The van der Waals surface area contributed by atoms with Gasteiger partial charge in [-0.25, -0.2) is 0 Å². The maximum absolute atomic E-state index is 11.8. The van der Waals surface area contributed by atoms with E-state index < -0.39 is 0 Å². The second kappa shape index (κ2) is 6.23. The molecule has 108 valence electrons. The van der Waals surface area contributed by atoms with Gasteiger partial charge < -0.3 is 10.4 Å². The van der Waals surface area contributed by atoms with E-state index in [1.54, 1.807) is 6.08 Å². The number of carbonyl (C=O) groups is 1. The predicted octanol–water partition coefficient (Wildman–Crippen LogP) is 2.85. The normalized spacial score (nSPS) is 17.2. The van der Waals surface area contributed by atoms with Gasteiger partial charge in [-0.2, -0.15) is 0 Å². The summed E-state index contributed by atoms with van der Waals surface area (Å²) in [7, 11) is 0. The summed E-state index contributed by atoms with van der Waals surface area (Å²) >= 11 is 0. The minimum absolute atomic E-state index is 0.0235. The molecular weight excluding hydrogens is 250 g/mol. The summed E-state index contributed by atoms with van der Waals surface area (Å²) in [6.07, 6.45) is 6.16. The van der Waals surface area contributed by atoms with Gasteiger partial charge in [-0.3, -0.25) is 4.79 Å². The van der Waals surface area contributed by atoms with Gasteiger partial charge in [0, 0.05) is 6.08 Å². The van der Waals surface area contributed by atoms with Crippen LogP contribution in [-0.4, -0.2) is 23.2 Å². The molecule has 1 aliphatic carbocycles. The van der Waals surface area contributed by atoms with Gasteiger partial charge in [0.05, 0.1) is 12.1 Å². The highest BCUT2D eigenvalue weighted by molar-refractivity contribution is 5.92. The molecule has 0 radical (unpaired) electrons. The molecule has 0 atom stereocenters. The Morgan fingerprint density at radius 3 is 2.45 bits per heavy atom. The highest BCUT2D eigenvalue weighted by Gasteiger charge is 2.37. The van der Waals surface area contributed by atoms with Crippen LogP contribution in [0.15, 0.2) is 30.3 Å². The third kappa shape index (κ3) is 3.48. The van der Waals surface area contributed by atoms with Crippen molar-refractivity contribution in [1.82, 2.24) is 5.32 Å². The van der Waals surface area contributed by atoms with Gasteiger partial charge in [0.1, 0.15) is 0 Å². The molecule has 0 spiro atoms. The molecule has 0 aromatic heterocycles. The van der Waals surface area contributed by atoms with Gasteiger partial charge in [-0.15, -0.1) is 0 Å². The van der Waals surface area contributed by atoms with E-state index >= 15 is 0 Å². The minimum Gasteiger partial charge on any atom is -0.394 e. The second-order valence-corrected chi connectivity index (χ2v) is 5.94. The topological polar surface area (TPSA) is 49.3 Å². The van der Waals surface area contributed by atoms with Crippen molar-refractivity contribution in [2.45, 2.75) is 44.6 Å². The molecule has 1 aromatic carbocycles. The SMILES string of the molecule is CC(C)c1ccc(/C=C/C(=O)NC2(CO)CCC2)cc1. The zero-order valence-corrected chi connectivity index (χ0v) is 12.2. The Kier molecular flexibility index (Phi) is 4.61. The molecule has 1 fully saturated rings. The quantitative estimate of drug-likeness (QED) is 0.810. The van der Waals surface area contributed by atoms with E-state index in [4.69, 9.17) is 0 Å². The number of amides is 1. The van der Waals surface area contributed by atoms with Crippen LogP contribution in [0.4, 0.5) is 0 Å². The van der Waals surface area contributed by atoms with E-state index in [1.807, 2.05) is 18.2 Å². The van der Waals surface area contributed by atoms with E-state index in [9.17, 15) is 9.90 Å². The van der Waals surface area contributed by atoms with Gasteiger partial charge in [-0.05, 0) is 42.4 Å². The lowest BCUT2D eigenvalue weighted by Gasteiger charge is -2.40. The Morgan fingerprint density at radius 1 is 1.35 bits per heavy atom. The van der Waals surface area contributed by atoms with Crippen molar-refractivity contribution >= 4 is 12.0 Å². The summed E-state index contributed by atoms with van der Waals surface area (Å²) < 4.78 is 0.